The Hall–Kier alpha value is -1.61. The maximum atomic E-state index is 6.17. The number of benzene rings is 1. The van der Waals surface area contributed by atoms with Crippen LogP contribution >= 0.6 is 0 Å². The van der Waals surface area contributed by atoms with Gasteiger partial charge in [0, 0.05) is 19.3 Å². The highest BCUT2D eigenvalue weighted by Gasteiger charge is 2.05. The van der Waals surface area contributed by atoms with E-state index < -0.39 is 0 Å². The van der Waals surface area contributed by atoms with Crippen LogP contribution in [0.3, 0.4) is 0 Å². The lowest BCUT2D eigenvalue weighted by molar-refractivity contribution is 0.610. The lowest BCUT2D eigenvalue weighted by atomic mass is 10.0. The van der Waals surface area contributed by atoms with Gasteiger partial charge in [0.1, 0.15) is 0 Å². The molecule has 0 aliphatic rings. The van der Waals surface area contributed by atoms with Gasteiger partial charge in [0.05, 0.1) is 6.20 Å². The normalized spacial score (nSPS) is 12.6. The van der Waals surface area contributed by atoms with Crippen molar-refractivity contribution in [1.29, 1.82) is 0 Å². The van der Waals surface area contributed by atoms with Crippen molar-refractivity contribution in [1.82, 2.24) is 9.78 Å². The zero-order valence-corrected chi connectivity index (χ0v) is 11.1. The predicted molar refractivity (Wildman–Crippen MR) is 74.4 cm³/mol. The first-order chi connectivity index (χ1) is 8.63. The van der Waals surface area contributed by atoms with E-state index >= 15 is 0 Å². The van der Waals surface area contributed by atoms with Crippen LogP contribution in [0.4, 0.5) is 0 Å². The number of hydrogen-bond donors (Lipinski definition) is 1. The highest BCUT2D eigenvalue weighted by molar-refractivity contribution is 5.22. The maximum Gasteiger partial charge on any atom is 0.0521 e. The third kappa shape index (κ3) is 3.70. The van der Waals surface area contributed by atoms with Gasteiger partial charge in [-0.15, -0.1) is 0 Å². The molecule has 96 valence electrons. The molecule has 1 aromatic carbocycles. The average Bonchev–Trinajstić information content (AvgIpc) is 2.76. The van der Waals surface area contributed by atoms with Crippen molar-refractivity contribution >= 4 is 0 Å². The van der Waals surface area contributed by atoms with E-state index in [9.17, 15) is 0 Å². The van der Waals surface area contributed by atoms with Crippen LogP contribution in [0.1, 0.15) is 23.1 Å². The van der Waals surface area contributed by atoms with Crippen LogP contribution in [0.25, 0.3) is 0 Å². The van der Waals surface area contributed by atoms with E-state index in [1.807, 2.05) is 17.9 Å². The fraction of sp³-hybridized carbons (Fsp3) is 0.400. The van der Waals surface area contributed by atoms with Gasteiger partial charge < -0.3 is 5.73 Å². The second-order valence-corrected chi connectivity index (χ2v) is 5.01. The summed E-state index contributed by atoms with van der Waals surface area (Å²) < 4.78 is 1.83. The fourth-order valence-corrected chi connectivity index (χ4v) is 2.08. The highest BCUT2D eigenvalue weighted by atomic mass is 15.2. The molecule has 2 N–H and O–H groups in total. The third-order valence-electron chi connectivity index (χ3n) is 3.18. The Morgan fingerprint density at radius 2 is 1.94 bits per heavy atom. The van der Waals surface area contributed by atoms with Gasteiger partial charge >= 0.3 is 0 Å². The first-order valence-corrected chi connectivity index (χ1v) is 6.42. The smallest absolute Gasteiger partial charge is 0.0521 e. The minimum absolute atomic E-state index is 0.216. The van der Waals surface area contributed by atoms with Crippen LogP contribution in [0, 0.1) is 6.92 Å². The van der Waals surface area contributed by atoms with Crippen LogP contribution in [-0.4, -0.2) is 15.8 Å². The van der Waals surface area contributed by atoms with Crippen molar-refractivity contribution in [3.05, 3.63) is 53.3 Å². The molecule has 0 aliphatic heterocycles. The second-order valence-electron chi connectivity index (χ2n) is 5.01. The number of aromatic nitrogens is 2. The summed E-state index contributed by atoms with van der Waals surface area (Å²) in [6.07, 6.45) is 6.91. The molecule has 1 atom stereocenters. The van der Waals surface area contributed by atoms with Gasteiger partial charge in [0.25, 0.3) is 0 Å². The van der Waals surface area contributed by atoms with E-state index in [1.54, 1.807) is 0 Å². The minimum Gasteiger partial charge on any atom is -0.327 e. The van der Waals surface area contributed by atoms with E-state index in [2.05, 4.69) is 42.5 Å². The van der Waals surface area contributed by atoms with Gasteiger partial charge in [-0.3, -0.25) is 4.68 Å². The third-order valence-corrected chi connectivity index (χ3v) is 3.18. The van der Waals surface area contributed by atoms with Gasteiger partial charge in [-0.1, -0.05) is 29.8 Å². The van der Waals surface area contributed by atoms with Crippen LogP contribution < -0.4 is 5.73 Å². The topological polar surface area (TPSA) is 43.8 Å². The molecular weight excluding hydrogens is 222 g/mol. The van der Waals surface area contributed by atoms with Crippen molar-refractivity contribution < 1.29 is 0 Å². The van der Waals surface area contributed by atoms with E-state index in [-0.39, 0.29) is 6.04 Å². The van der Waals surface area contributed by atoms with Gasteiger partial charge in [-0.2, -0.15) is 5.10 Å². The van der Waals surface area contributed by atoms with Crippen molar-refractivity contribution in [2.45, 2.75) is 32.2 Å². The summed E-state index contributed by atoms with van der Waals surface area (Å²) in [6, 6.07) is 8.83. The Kier molecular flexibility index (Phi) is 4.15. The largest absolute Gasteiger partial charge is 0.327 e. The first-order valence-electron chi connectivity index (χ1n) is 6.42. The predicted octanol–water partition coefficient (Wildman–Crippen LogP) is 2.23. The van der Waals surface area contributed by atoms with Crippen LogP contribution in [0.15, 0.2) is 36.7 Å². The van der Waals surface area contributed by atoms with E-state index in [0.29, 0.717) is 0 Å². The molecule has 0 fully saturated rings. The summed E-state index contributed by atoms with van der Waals surface area (Å²) in [7, 11) is 1.94. The minimum atomic E-state index is 0.216. The summed E-state index contributed by atoms with van der Waals surface area (Å²) in [5, 5.41) is 4.16. The Bertz CT molecular complexity index is 485. The molecule has 0 aliphatic carbocycles. The quantitative estimate of drug-likeness (QED) is 0.875. The van der Waals surface area contributed by atoms with Crippen molar-refractivity contribution in [2.24, 2.45) is 12.8 Å². The molecular formula is C15H21N3. The Balaban J connectivity index is 1.81. The number of hydrogen-bond acceptors (Lipinski definition) is 2. The van der Waals surface area contributed by atoms with Crippen molar-refractivity contribution in [3.63, 3.8) is 0 Å². The van der Waals surface area contributed by atoms with Crippen LogP contribution in [0.2, 0.25) is 0 Å². The molecule has 1 unspecified atom stereocenters. The summed E-state index contributed by atoms with van der Waals surface area (Å²) in [4.78, 5) is 0. The van der Waals surface area contributed by atoms with Gasteiger partial charge in [-0.25, -0.2) is 0 Å². The fourth-order valence-electron chi connectivity index (χ4n) is 2.08. The highest BCUT2D eigenvalue weighted by Crippen LogP contribution is 2.09. The Morgan fingerprint density at radius 3 is 2.56 bits per heavy atom. The number of rotatable bonds is 5. The standard InChI is InChI=1S/C15H21N3/c1-12-3-5-13(6-4-12)9-15(16)8-7-14-10-17-18(2)11-14/h3-6,10-11,15H,7-9,16H2,1-2H3. The Morgan fingerprint density at radius 1 is 1.22 bits per heavy atom. The molecule has 0 radical (unpaired) electrons. The first kappa shape index (κ1) is 12.8. The molecule has 0 saturated heterocycles. The van der Waals surface area contributed by atoms with Crippen molar-refractivity contribution in [2.75, 3.05) is 0 Å². The SMILES string of the molecule is Cc1ccc(CC(N)CCc2cnn(C)c2)cc1. The number of nitrogens with two attached hydrogens (primary N) is 1. The van der Waals surface area contributed by atoms with Crippen LogP contribution in [-0.2, 0) is 19.9 Å². The molecule has 1 aromatic heterocycles. The maximum absolute atomic E-state index is 6.17. The Labute approximate surface area is 109 Å². The van der Waals surface area contributed by atoms with Gasteiger partial charge in [-0.05, 0) is 37.3 Å². The van der Waals surface area contributed by atoms with E-state index in [4.69, 9.17) is 5.73 Å². The van der Waals surface area contributed by atoms with E-state index in [1.165, 1.54) is 16.7 Å². The molecule has 2 rings (SSSR count). The summed E-state index contributed by atoms with van der Waals surface area (Å²) >= 11 is 0. The molecule has 3 nitrogen and oxygen atoms in total. The van der Waals surface area contributed by atoms with E-state index in [0.717, 1.165) is 19.3 Å². The van der Waals surface area contributed by atoms with Gasteiger partial charge in [0.2, 0.25) is 0 Å². The summed E-state index contributed by atoms with van der Waals surface area (Å²) in [5.41, 5.74) is 10.0. The molecule has 0 spiro atoms. The lowest BCUT2D eigenvalue weighted by Crippen LogP contribution is -2.23. The second kappa shape index (κ2) is 5.83. The van der Waals surface area contributed by atoms with Gasteiger partial charge in [0.15, 0.2) is 0 Å². The molecule has 18 heavy (non-hydrogen) atoms. The molecule has 0 bridgehead atoms. The average molecular weight is 243 g/mol. The summed E-state index contributed by atoms with van der Waals surface area (Å²) in [5.74, 6) is 0. The zero-order chi connectivity index (χ0) is 13.0. The molecule has 0 amide bonds. The molecule has 3 heteroatoms. The van der Waals surface area contributed by atoms with Crippen molar-refractivity contribution in [3.8, 4) is 0 Å². The molecule has 0 saturated carbocycles. The number of nitrogens with zero attached hydrogens (tertiary/aromatic N) is 2. The monoisotopic (exact) mass is 243 g/mol. The molecule has 2 aromatic rings. The number of aryl methyl sites for hydroxylation is 3. The lowest BCUT2D eigenvalue weighted by Gasteiger charge is -2.11. The molecule has 1 heterocycles. The zero-order valence-electron chi connectivity index (χ0n) is 11.1. The summed E-state index contributed by atoms with van der Waals surface area (Å²) in [6.45, 7) is 2.10. The van der Waals surface area contributed by atoms with Crippen LogP contribution in [0.5, 0.6) is 0 Å².